The number of nitrogens with zero attached hydrogens (tertiary/aromatic N) is 3. The fourth-order valence-electron chi connectivity index (χ4n) is 1.89. The predicted octanol–water partition coefficient (Wildman–Crippen LogP) is 2.68. The van der Waals surface area contributed by atoms with Crippen molar-refractivity contribution in [3.05, 3.63) is 62.6 Å². The van der Waals surface area contributed by atoms with Crippen molar-refractivity contribution in [2.45, 2.75) is 6.42 Å². The Bertz CT molecular complexity index is 939. The van der Waals surface area contributed by atoms with Crippen LogP contribution >= 0.6 is 33.9 Å². The van der Waals surface area contributed by atoms with Crippen LogP contribution in [0.25, 0.3) is 0 Å². The lowest BCUT2D eigenvalue weighted by Gasteiger charge is -2.02. The van der Waals surface area contributed by atoms with Crippen LogP contribution in [0.1, 0.15) is 21.1 Å². The summed E-state index contributed by atoms with van der Waals surface area (Å²) in [5.74, 6) is -0.0913. The first-order valence-electron chi connectivity index (χ1n) is 7.35. The third-order valence-corrected chi connectivity index (χ3v) is 4.82. The first kappa shape index (κ1) is 18.2. The molecule has 2 heterocycles. The monoisotopic (exact) mass is 481 g/mol. The molecule has 10 heteroatoms. The van der Waals surface area contributed by atoms with Gasteiger partial charge in [-0.2, -0.15) is 5.10 Å². The Morgan fingerprint density at radius 1 is 1.23 bits per heavy atom. The van der Waals surface area contributed by atoms with E-state index in [-0.39, 0.29) is 18.2 Å². The number of hydrazone groups is 1. The van der Waals surface area contributed by atoms with Gasteiger partial charge in [0, 0.05) is 3.57 Å². The summed E-state index contributed by atoms with van der Waals surface area (Å²) in [6, 6.07) is 10.6. The van der Waals surface area contributed by atoms with Crippen molar-refractivity contribution in [2.75, 3.05) is 5.32 Å². The van der Waals surface area contributed by atoms with Crippen LogP contribution in [-0.2, 0) is 11.2 Å². The van der Waals surface area contributed by atoms with Crippen molar-refractivity contribution >= 4 is 57.1 Å². The maximum atomic E-state index is 12.2. The molecule has 0 saturated carbocycles. The lowest BCUT2D eigenvalue weighted by Crippen LogP contribution is -2.19. The molecule has 3 rings (SSSR count). The Balaban J connectivity index is 1.53. The van der Waals surface area contributed by atoms with Gasteiger partial charge in [0.25, 0.3) is 5.91 Å². The lowest BCUT2D eigenvalue weighted by atomic mass is 10.2. The van der Waals surface area contributed by atoms with Crippen molar-refractivity contribution in [1.29, 1.82) is 0 Å². The summed E-state index contributed by atoms with van der Waals surface area (Å²) < 4.78 is 5.89. The summed E-state index contributed by atoms with van der Waals surface area (Å²) >= 11 is 3.22. The van der Waals surface area contributed by atoms with Crippen LogP contribution in [0.2, 0.25) is 0 Å². The molecule has 3 aromatic rings. The van der Waals surface area contributed by atoms with E-state index in [0.717, 1.165) is 14.9 Å². The molecular formula is C16H12IN5O3S. The predicted molar refractivity (Wildman–Crippen MR) is 105 cm³/mol. The van der Waals surface area contributed by atoms with Gasteiger partial charge in [0.1, 0.15) is 10.8 Å². The molecule has 2 aromatic heterocycles. The van der Waals surface area contributed by atoms with Crippen molar-refractivity contribution in [2.24, 2.45) is 5.10 Å². The van der Waals surface area contributed by atoms with Crippen LogP contribution in [0.15, 0.2) is 52.2 Å². The number of carbonyl (C=O) groups excluding carboxylic acids is 2. The van der Waals surface area contributed by atoms with E-state index in [1.165, 1.54) is 12.5 Å². The molecule has 0 atom stereocenters. The molecule has 0 aliphatic heterocycles. The first-order valence-corrected chi connectivity index (χ1v) is 9.25. The molecule has 0 fully saturated rings. The molecule has 0 aliphatic rings. The maximum Gasteiger partial charge on any atom is 0.258 e. The number of anilines is 1. The Hall–Kier alpha value is -2.60. The van der Waals surface area contributed by atoms with E-state index in [1.807, 2.05) is 12.1 Å². The lowest BCUT2D eigenvalue weighted by molar-refractivity contribution is -0.120. The molecule has 0 aliphatic carbocycles. The summed E-state index contributed by atoms with van der Waals surface area (Å²) in [5, 5.41) is 15.1. The molecule has 8 nitrogen and oxygen atoms in total. The fraction of sp³-hybridized carbons (Fsp3) is 0.0625. The number of amides is 2. The zero-order valence-corrected chi connectivity index (χ0v) is 16.2. The third kappa shape index (κ3) is 4.95. The highest BCUT2D eigenvalue weighted by atomic mass is 127. The molecule has 0 saturated heterocycles. The summed E-state index contributed by atoms with van der Waals surface area (Å²) in [4.78, 5) is 24.1. The van der Waals surface area contributed by atoms with Gasteiger partial charge >= 0.3 is 0 Å². The number of nitrogens with one attached hydrogen (secondary N) is 2. The number of aromatic nitrogens is 2. The van der Waals surface area contributed by atoms with Gasteiger partial charge in [-0.1, -0.05) is 23.5 Å². The normalized spacial score (nSPS) is 10.8. The quantitative estimate of drug-likeness (QED) is 0.320. The van der Waals surface area contributed by atoms with E-state index < -0.39 is 0 Å². The minimum Gasteiger partial charge on any atom is -0.463 e. The number of hydrogen-bond donors (Lipinski definition) is 2. The Kier molecular flexibility index (Phi) is 6.07. The molecule has 0 radical (unpaired) electrons. The number of furan rings is 1. The Labute approximate surface area is 165 Å². The largest absolute Gasteiger partial charge is 0.463 e. The van der Waals surface area contributed by atoms with Gasteiger partial charge in [-0.3, -0.25) is 14.9 Å². The smallest absolute Gasteiger partial charge is 0.258 e. The summed E-state index contributed by atoms with van der Waals surface area (Å²) in [6.07, 6.45) is 2.91. The van der Waals surface area contributed by atoms with Crippen molar-refractivity contribution in [3.63, 3.8) is 0 Å². The molecule has 2 N–H and O–H groups in total. The topological polar surface area (TPSA) is 109 Å². The van der Waals surface area contributed by atoms with Crippen LogP contribution in [-0.4, -0.2) is 28.2 Å². The second-order valence-corrected chi connectivity index (χ2v) is 7.14. The number of rotatable bonds is 6. The maximum absolute atomic E-state index is 12.2. The van der Waals surface area contributed by atoms with Crippen LogP contribution in [0.4, 0.5) is 5.13 Å². The molecule has 2 amide bonds. The third-order valence-electron chi connectivity index (χ3n) is 3.04. The minimum atomic E-state index is -0.348. The molecular weight excluding hydrogens is 469 g/mol. The van der Waals surface area contributed by atoms with E-state index >= 15 is 0 Å². The molecule has 0 spiro atoms. The second kappa shape index (κ2) is 8.67. The number of halogens is 1. The van der Waals surface area contributed by atoms with Crippen molar-refractivity contribution in [1.82, 2.24) is 15.6 Å². The highest BCUT2D eigenvalue weighted by molar-refractivity contribution is 14.1. The summed E-state index contributed by atoms with van der Waals surface area (Å²) in [5.41, 5.74) is 2.92. The highest BCUT2D eigenvalue weighted by Crippen LogP contribution is 2.18. The van der Waals surface area contributed by atoms with Crippen LogP contribution in [0, 0.1) is 3.57 Å². The van der Waals surface area contributed by atoms with Crippen LogP contribution < -0.4 is 10.7 Å². The van der Waals surface area contributed by atoms with Crippen LogP contribution in [0.5, 0.6) is 0 Å². The molecule has 1 aromatic carbocycles. The van der Waals surface area contributed by atoms with E-state index in [1.54, 1.807) is 24.3 Å². The molecule has 132 valence electrons. The number of benzene rings is 1. The van der Waals surface area contributed by atoms with E-state index in [2.05, 4.69) is 48.6 Å². The van der Waals surface area contributed by atoms with Crippen LogP contribution in [0.3, 0.4) is 0 Å². The van der Waals surface area contributed by atoms with Gasteiger partial charge in [-0.15, -0.1) is 10.2 Å². The molecule has 26 heavy (non-hydrogen) atoms. The van der Waals surface area contributed by atoms with Gasteiger partial charge in [0.2, 0.25) is 11.0 Å². The Morgan fingerprint density at radius 3 is 2.85 bits per heavy atom. The number of hydrogen-bond acceptors (Lipinski definition) is 7. The van der Waals surface area contributed by atoms with E-state index in [0.29, 0.717) is 21.5 Å². The first-order chi connectivity index (χ1) is 12.6. The second-order valence-electron chi connectivity index (χ2n) is 4.92. The zero-order valence-electron chi connectivity index (χ0n) is 13.2. The van der Waals surface area contributed by atoms with Gasteiger partial charge in [0.15, 0.2) is 0 Å². The van der Waals surface area contributed by atoms with Gasteiger partial charge < -0.3 is 4.42 Å². The van der Waals surface area contributed by atoms with Crippen molar-refractivity contribution in [3.8, 4) is 0 Å². The fourth-order valence-corrected chi connectivity index (χ4v) is 3.26. The zero-order chi connectivity index (χ0) is 18.4. The SMILES string of the molecule is O=C(Cc1nnc(NC(=O)c2ccccc2I)s1)N/N=C\c1ccco1. The molecule has 0 unspecified atom stereocenters. The minimum absolute atomic E-state index is 0.00586. The number of carbonyl (C=O) groups is 2. The average Bonchev–Trinajstić information content (AvgIpc) is 3.27. The van der Waals surface area contributed by atoms with E-state index in [9.17, 15) is 9.59 Å². The van der Waals surface area contributed by atoms with Gasteiger partial charge in [-0.05, 0) is 46.9 Å². The standard InChI is InChI=1S/C16H12IN5O3S/c17-12-6-2-1-5-11(12)15(24)19-16-22-21-14(26-16)8-13(23)20-18-9-10-4-3-7-25-10/h1-7,9H,8H2,(H,20,23)(H,19,22,24)/b18-9-. The Morgan fingerprint density at radius 2 is 2.08 bits per heavy atom. The van der Waals surface area contributed by atoms with Gasteiger partial charge in [0.05, 0.1) is 24.5 Å². The summed E-state index contributed by atoms with van der Waals surface area (Å²) in [6.45, 7) is 0. The van der Waals surface area contributed by atoms with Crippen molar-refractivity contribution < 1.29 is 14.0 Å². The van der Waals surface area contributed by atoms with E-state index in [4.69, 9.17) is 4.42 Å². The molecule has 0 bridgehead atoms. The summed E-state index contributed by atoms with van der Waals surface area (Å²) in [7, 11) is 0. The highest BCUT2D eigenvalue weighted by Gasteiger charge is 2.14. The average molecular weight is 481 g/mol. The van der Waals surface area contributed by atoms with Gasteiger partial charge in [-0.25, -0.2) is 5.43 Å².